The second-order valence-electron chi connectivity index (χ2n) is 6.34. The maximum absolute atomic E-state index is 9.86. The van der Waals surface area contributed by atoms with E-state index >= 15 is 0 Å². The smallest absolute Gasteiger partial charge is 0.125 e. The van der Waals surface area contributed by atoms with E-state index in [0.717, 1.165) is 22.2 Å². The molecule has 4 heteroatoms. The minimum absolute atomic E-state index is 0.154. The highest BCUT2D eigenvalue weighted by Gasteiger charge is 2.42. The number of hydrogen-bond acceptors (Lipinski definition) is 3. The first kappa shape index (κ1) is 15.3. The molecule has 2 atom stereocenters. The van der Waals surface area contributed by atoms with Gasteiger partial charge in [0.2, 0.25) is 0 Å². The number of hydrogen-bond donors (Lipinski definition) is 1. The standard InChI is InChI=1S/C17H23BrO3/c1-12(19)15-10-13(18)4-5-16(15)20-11-14-6-9-17(21-14)7-2-3-8-17/h4-5,10,12,14,19H,2-3,6-9,11H2,1H3. The highest BCUT2D eigenvalue weighted by atomic mass is 79.9. The topological polar surface area (TPSA) is 38.7 Å². The van der Waals surface area contributed by atoms with Gasteiger partial charge in [0.1, 0.15) is 12.4 Å². The van der Waals surface area contributed by atoms with Gasteiger partial charge in [0, 0.05) is 10.0 Å². The Hall–Kier alpha value is -0.580. The van der Waals surface area contributed by atoms with Crippen molar-refractivity contribution in [2.45, 2.75) is 63.3 Å². The van der Waals surface area contributed by atoms with E-state index in [4.69, 9.17) is 9.47 Å². The fraction of sp³-hybridized carbons (Fsp3) is 0.647. The molecule has 2 fully saturated rings. The average Bonchev–Trinajstić information content (AvgIpc) is 3.08. The van der Waals surface area contributed by atoms with E-state index in [0.29, 0.717) is 6.61 Å². The minimum atomic E-state index is -0.539. The summed E-state index contributed by atoms with van der Waals surface area (Å²) in [6.45, 7) is 2.33. The lowest BCUT2D eigenvalue weighted by atomic mass is 9.98. The summed E-state index contributed by atoms with van der Waals surface area (Å²) in [5.74, 6) is 0.754. The van der Waals surface area contributed by atoms with Crippen molar-refractivity contribution < 1.29 is 14.6 Å². The molecular weight excluding hydrogens is 332 g/mol. The fourth-order valence-corrected chi connectivity index (χ4v) is 3.94. The van der Waals surface area contributed by atoms with E-state index in [2.05, 4.69) is 15.9 Å². The Balaban J connectivity index is 1.61. The highest BCUT2D eigenvalue weighted by Crippen LogP contribution is 2.43. The molecule has 1 heterocycles. The zero-order valence-corrected chi connectivity index (χ0v) is 14.1. The molecule has 1 spiro atoms. The number of rotatable bonds is 4. The predicted molar refractivity (Wildman–Crippen MR) is 85.6 cm³/mol. The number of halogens is 1. The summed E-state index contributed by atoms with van der Waals surface area (Å²) in [4.78, 5) is 0. The Morgan fingerprint density at radius 1 is 1.38 bits per heavy atom. The van der Waals surface area contributed by atoms with Crippen LogP contribution >= 0.6 is 15.9 Å². The normalized spacial score (nSPS) is 25.4. The van der Waals surface area contributed by atoms with Gasteiger partial charge < -0.3 is 14.6 Å². The van der Waals surface area contributed by atoms with Crippen molar-refractivity contribution in [2.75, 3.05) is 6.61 Å². The molecule has 1 aromatic rings. The predicted octanol–water partition coefficient (Wildman–Crippen LogP) is 4.37. The number of benzene rings is 1. The Morgan fingerprint density at radius 2 is 2.14 bits per heavy atom. The van der Waals surface area contributed by atoms with Crippen LogP contribution in [0.25, 0.3) is 0 Å². The van der Waals surface area contributed by atoms with Crippen LogP contribution in [-0.2, 0) is 4.74 Å². The quantitative estimate of drug-likeness (QED) is 0.872. The van der Waals surface area contributed by atoms with Crippen molar-refractivity contribution in [1.82, 2.24) is 0 Å². The Kier molecular flexibility index (Phi) is 4.57. The lowest BCUT2D eigenvalue weighted by Crippen LogP contribution is -2.27. The molecule has 1 aliphatic heterocycles. The van der Waals surface area contributed by atoms with E-state index in [-0.39, 0.29) is 11.7 Å². The summed E-state index contributed by atoms with van der Waals surface area (Å²) < 4.78 is 13.1. The molecule has 21 heavy (non-hydrogen) atoms. The van der Waals surface area contributed by atoms with Gasteiger partial charge >= 0.3 is 0 Å². The van der Waals surface area contributed by atoms with E-state index in [1.807, 2.05) is 18.2 Å². The molecule has 3 rings (SSSR count). The van der Waals surface area contributed by atoms with Crippen LogP contribution in [0.15, 0.2) is 22.7 Å². The Bertz CT molecular complexity index is 495. The molecule has 116 valence electrons. The SMILES string of the molecule is CC(O)c1cc(Br)ccc1OCC1CCC2(CCCC2)O1. The molecule has 1 aliphatic carbocycles. The molecule has 1 N–H and O–H groups in total. The van der Waals surface area contributed by atoms with Gasteiger partial charge in [0.25, 0.3) is 0 Å². The maximum atomic E-state index is 9.86. The van der Waals surface area contributed by atoms with Crippen molar-refractivity contribution >= 4 is 15.9 Å². The van der Waals surface area contributed by atoms with Crippen LogP contribution in [0.5, 0.6) is 5.75 Å². The third-order valence-electron chi connectivity index (χ3n) is 4.70. The van der Waals surface area contributed by atoms with Crippen molar-refractivity contribution in [3.63, 3.8) is 0 Å². The molecule has 3 nitrogen and oxygen atoms in total. The second-order valence-corrected chi connectivity index (χ2v) is 7.25. The summed E-state index contributed by atoms with van der Waals surface area (Å²) in [7, 11) is 0. The summed E-state index contributed by atoms with van der Waals surface area (Å²) >= 11 is 3.43. The van der Waals surface area contributed by atoms with Crippen LogP contribution in [0.2, 0.25) is 0 Å². The first-order chi connectivity index (χ1) is 10.1. The zero-order chi connectivity index (χ0) is 14.9. The average molecular weight is 355 g/mol. The molecule has 0 aromatic heterocycles. The van der Waals surface area contributed by atoms with Gasteiger partial charge in [-0.25, -0.2) is 0 Å². The minimum Gasteiger partial charge on any atom is -0.490 e. The molecular formula is C17H23BrO3. The van der Waals surface area contributed by atoms with Gasteiger partial charge in [-0.15, -0.1) is 0 Å². The van der Waals surface area contributed by atoms with E-state index in [9.17, 15) is 5.11 Å². The number of aliphatic hydroxyl groups is 1. The van der Waals surface area contributed by atoms with E-state index in [1.165, 1.54) is 32.1 Å². The van der Waals surface area contributed by atoms with Gasteiger partial charge in [-0.1, -0.05) is 28.8 Å². The Labute approximate surface area is 134 Å². The number of ether oxygens (including phenoxy) is 2. The Morgan fingerprint density at radius 3 is 2.86 bits per heavy atom. The van der Waals surface area contributed by atoms with Crippen LogP contribution in [0, 0.1) is 0 Å². The van der Waals surface area contributed by atoms with Crippen molar-refractivity contribution in [2.24, 2.45) is 0 Å². The molecule has 2 aliphatic rings. The first-order valence-corrected chi connectivity index (χ1v) is 8.65. The van der Waals surface area contributed by atoms with Gasteiger partial charge in [-0.05, 0) is 50.8 Å². The lowest BCUT2D eigenvalue weighted by molar-refractivity contribution is -0.0511. The van der Waals surface area contributed by atoms with Gasteiger partial charge in [-0.3, -0.25) is 0 Å². The van der Waals surface area contributed by atoms with E-state index < -0.39 is 6.10 Å². The van der Waals surface area contributed by atoms with Gasteiger partial charge in [-0.2, -0.15) is 0 Å². The summed E-state index contributed by atoms with van der Waals surface area (Å²) in [6.07, 6.45) is 6.92. The molecule has 0 amide bonds. The third kappa shape index (κ3) is 3.43. The lowest BCUT2D eigenvalue weighted by Gasteiger charge is -2.24. The summed E-state index contributed by atoms with van der Waals surface area (Å²) in [6, 6.07) is 5.76. The molecule has 0 bridgehead atoms. The third-order valence-corrected chi connectivity index (χ3v) is 5.19. The molecule has 1 aromatic carbocycles. The van der Waals surface area contributed by atoms with Crippen LogP contribution in [0.4, 0.5) is 0 Å². The molecule has 1 saturated carbocycles. The zero-order valence-electron chi connectivity index (χ0n) is 12.5. The first-order valence-electron chi connectivity index (χ1n) is 7.86. The van der Waals surface area contributed by atoms with Crippen LogP contribution in [-0.4, -0.2) is 23.4 Å². The maximum Gasteiger partial charge on any atom is 0.125 e. The fourth-order valence-electron chi connectivity index (χ4n) is 3.56. The van der Waals surface area contributed by atoms with Crippen LogP contribution in [0.1, 0.15) is 57.1 Å². The largest absolute Gasteiger partial charge is 0.490 e. The van der Waals surface area contributed by atoms with Gasteiger partial charge in [0.05, 0.1) is 17.8 Å². The van der Waals surface area contributed by atoms with Crippen molar-refractivity contribution in [3.05, 3.63) is 28.2 Å². The summed E-state index contributed by atoms with van der Waals surface area (Å²) in [5.41, 5.74) is 0.971. The summed E-state index contributed by atoms with van der Waals surface area (Å²) in [5, 5.41) is 9.86. The van der Waals surface area contributed by atoms with Crippen LogP contribution in [0.3, 0.4) is 0 Å². The second kappa shape index (κ2) is 6.27. The van der Waals surface area contributed by atoms with E-state index in [1.54, 1.807) is 6.92 Å². The van der Waals surface area contributed by atoms with Crippen LogP contribution < -0.4 is 4.74 Å². The van der Waals surface area contributed by atoms with Crippen molar-refractivity contribution in [3.8, 4) is 5.75 Å². The molecule has 0 radical (unpaired) electrons. The van der Waals surface area contributed by atoms with Crippen molar-refractivity contribution in [1.29, 1.82) is 0 Å². The van der Waals surface area contributed by atoms with Gasteiger partial charge in [0.15, 0.2) is 0 Å². The molecule has 1 saturated heterocycles. The highest BCUT2D eigenvalue weighted by molar-refractivity contribution is 9.10. The monoisotopic (exact) mass is 354 g/mol. The molecule has 2 unspecified atom stereocenters. The number of aliphatic hydroxyl groups excluding tert-OH is 1.